The van der Waals surface area contributed by atoms with E-state index < -0.39 is 0 Å². The lowest BCUT2D eigenvalue weighted by Crippen LogP contribution is -2.08. The van der Waals surface area contributed by atoms with Crippen molar-refractivity contribution in [3.8, 4) is 0 Å². The minimum Gasteiger partial charge on any atom is -0.448 e. The highest BCUT2D eigenvalue weighted by Crippen LogP contribution is 2.11. The first-order chi connectivity index (χ1) is 8.78. The zero-order chi connectivity index (χ0) is 12.8. The van der Waals surface area contributed by atoms with Crippen LogP contribution in [-0.4, -0.2) is 18.6 Å². The molecule has 2 rings (SSSR count). The monoisotopic (exact) mass is 248 g/mol. The molecule has 1 aromatic heterocycles. The van der Waals surface area contributed by atoms with Gasteiger partial charge in [-0.1, -0.05) is 12.1 Å². The first-order valence-corrected chi connectivity index (χ1v) is 6.10. The number of oxazole rings is 1. The van der Waals surface area contributed by atoms with E-state index in [9.17, 15) is 4.39 Å². The SMILES string of the molecule is CNCCCc1coc(Cc2cccc(F)c2)n1. The fourth-order valence-electron chi connectivity index (χ4n) is 1.81. The normalized spacial score (nSPS) is 10.8. The number of rotatable bonds is 6. The van der Waals surface area contributed by atoms with Gasteiger partial charge in [-0.05, 0) is 44.1 Å². The summed E-state index contributed by atoms with van der Waals surface area (Å²) in [6.45, 7) is 0.964. The average molecular weight is 248 g/mol. The molecular weight excluding hydrogens is 231 g/mol. The van der Waals surface area contributed by atoms with E-state index in [1.54, 1.807) is 12.3 Å². The van der Waals surface area contributed by atoms with Gasteiger partial charge in [-0.2, -0.15) is 0 Å². The Kier molecular flexibility index (Phi) is 4.47. The van der Waals surface area contributed by atoms with Gasteiger partial charge in [0.05, 0.1) is 5.69 Å². The maximum atomic E-state index is 13.0. The second-order valence-corrected chi connectivity index (χ2v) is 4.25. The van der Waals surface area contributed by atoms with Crippen molar-refractivity contribution >= 4 is 0 Å². The highest BCUT2D eigenvalue weighted by Gasteiger charge is 2.05. The first kappa shape index (κ1) is 12.8. The van der Waals surface area contributed by atoms with Gasteiger partial charge in [-0.15, -0.1) is 0 Å². The number of halogens is 1. The van der Waals surface area contributed by atoms with Crippen molar-refractivity contribution in [1.29, 1.82) is 0 Å². The molecule has 0 unspecified atom stereocenters. The van der Waals surface area contributed by atoms with Crippen molar-refractivity contribution in [2.75, 3.05) is 13.6 Å². The van der Waals surface area contributed by atoms with Crippen molar-refractivity contribution in [2.45, 2.75) is 19.3 Å². The lowest BCUT2D eigenvalue weighted by atomic mass is 10.1. The molecule has 0 radical (unpaired) electrons. The van der Waals surface area contributed by atoms with Crippen LogP contribution < -0.4 is 5.32 Å². The van der Waals surface area contributed by atoms with E-state index >= 15 is 0 Å². The Morgan fingerprint density at radius 3 is 3.06 bits per heavy atom. The number of aromatic nitrogens is 1. The van der Waals surface area contributed by atoms with E-state index in [1.807, 2.05) is 13.1 Å². The largest absolute Gasteiger partial charge is 0.448 e. The standard InChI is InChI=1S/C14H17FN2O/c1-16-7-3-6-13-10-18-14(17-13)9-11-4-2-5-12(15)8-11/h2,4-5,8,10,16H,3,6-7,9H2,1H3. The van der Waals surface area contributed by atoms with Crippen LogP contribution in [0.2, 0.25) is 0 Å². The van der Waals surface area contributed by atoms with E-state index in [1.165, 1.54) is 12.1 Å². The number of hydrogen-bond acceptors (Lipinski definition) is 3. The lowest BCUT2D eigenvalue weighted by Gasteiger charge is -1.97. The van der Waals surface area contributed by atoms with Crippen LogP contribution in [0.25, 0.3) is 0 Å². The van der Waals surface area contributed by atoms with Gasteiger partial charge >= 0.3 is 0 Å². The van der Waals surface area contributed by atoms with Gasteiger partial charge in [0.2, 0.25) is 0 Å². The van der Waals surface area contributed by atoms with Crippen LogP contribution in [-0.2, 0) is 12.8 Å². The molecule has 0 fully saturated rings. The summed E-state index contributed by atoms with van der Waals surface area (Å²) in [5.41, 5.74) is 1.83. The summed E-state index contributed by atoms with van der Waals surface area (Å²) < 4.78 is 18.4. The molecule has 0 aliphatic rings. The van der Waals surface area contributed by atoms with Crippen molar-refractivity contribution in [3.05, 3.63) is 53.5 Å². The van der Waals surface area contributed by atoms with Gasteiger partial charge in [-0.25, -0.2) is 9.37 Å². The molecule has 0 aliphatic carbocycles. The minimum absolute atomic E-state index is 0.228. The third-order valence-electron chi connectivity index (χ3n) is 2.70. The van der Waals surface area contributed by atoms with Gasteiger partial charge in [-0.3, -0.25) is 0 Å². The molecule has 1 heterocycles. The molecule has 3 nitrogen and oxygen atoms in total. The van der Waals surface area contributed by atoms with E-state index in [4.69, 9.17) is 4.42 Å². The number of nitrogens with one attached hydrogen (secondary N) is 1. The number of benzene rings is 1. The minimum atomic E-state index is -0.228. The summed E-state index contributed by atoms with van der Waals surface area (Å²) in [5, 5.41) is 3.09. The van der Waals surface area contributed by atoms with E-state index in [-0.39, 0.29) is 5.82 Å². The average Bonchev–Trinajstić information content (AvgIpc) is 2.77. The smallest absolute Gasteiger partial charge is 0.198 e. The van der Waals surface area contributed by atoms with Gasteiger partial charge in [0.1, 0.15) is 12.1 Å². The van der Waals surface area contributed by atoms with Crippen LogP contribution in [0.1, 0.15) is 23.6 Å². The maximum absolute atomic E-state index is 13.0. The molecule has 0 spiro atoms. The third-order valence-corrected chi connectivity index (χ3v) is 2.70. The zero-order valence-corrected chi connectivity index (χ0v) is 10.4. The number of nitrogens with zero attached hydrogens (tertiary/aromatic N) is 1. The van der Waals surface area contributed by atoms with Crippen LogP contribution in [0, 0.1) is 5.82 Å². The Bertz CT molecular complexity index is 496. The Hall–Kier alpha value is -1.68. The fourth-order valence-corrected chi connectivity index (χ4v) is 1.81. The molecule has 18 heavy (non-hydrogen) atoms. The topological polar surface area (TPSA) is 38.1 Å². The predicted octanol–water partition coefficient (Wildman–Crippen LogP) is 2.56. The summed E-state index contributed by atoms with van der Waals surface area (Å²) >= 11 is 0. The summed E-state index contributed by atoms with van der Waals surface area (Å²) in [6.07, 6.45) is 4.14. The van der Waals surface area contributed by atoms with Crippen LogP contribution >= 0.6 is 0 Å². The predicted molar refractivity (Wildman–Crippen MR) is 68.0 cm³/mol. The number of hydrogen-bond donors (Lipinski definition) is 1. The Labute approximate surface area is 106 Å². The fraction of sp³-hybridized carbons (Fsp3) is 0.357. The van der Waals surface area contributed by atoms with Gasteiger partial charge in [0.15, 0.2) is 5.89 Å². The Morgan fingerprint density at radius 2 is 2.28 bits per heavy atom. The number of aryl methyl sites for hydroxylation is 1. The van der Waals surface area contributed by atoms with E-state index in [2.05, 4.69) is 10.3 Å². The second kappa shape index (κ2) is 6.31. The van der Waals surface area contributed by atoms with Crippen molar-refractivity contribution in [3.63, 3.8) is 0 Å². The van der Waals surface area contributed by atoms with Gasteiger partial charge in [0.25, 0.3) is 0 Å². The van der Waals surface area contributed by atoms with Crippen LogP contribution in [0.15, 0.2) is 34.9 Å². The summed E-state index contributed by atoms with van der Waals surface area (Å²) in [7, 11) is 1.93. The summed E-state index contributed by atoms with van der Waals surface area (Å²) in [5.74, 6) is 0.411. The quantitative estimate of drug-likeness (QED) is 0.798. The molecular formula is C14H17FN2O. The van der Waals surface area contributed by atoms with E-state index in [0.717, 1.165) is 30.6 Å². The van der Waals surface area contributed by atoms with Crippen LogP contribution in [0.5, 0.6) is 0 Å². The van der Waals surface area contributed by atoms with Gasteiger partial charge in [0, 0.05) is 6.42 Å². The maximum Gasteiger partial charge on any atom is 0.198 e. The molecule has 1 aromatic carbocycles. The Morgan fingerprint density at radius 1 is 1.39 bits per heavy atom. The highest BCUT2D eigenvalue weighted by molar-refractivity contribution is 5.19. The molecule has 0 atom stereocenters. The summed E-state index contributed by atoms with van der Waals surface area (Å²) in [6, 6.07) is 6.50. The van der Waals surface area contributed by atoms with Crippen molar-refractivity contribution in [2.24, 2.45) is 0 Å². The van der Waals surface area contributed by atoms with Crippen LogP contribution in [0.3, 0.4) is 0 Å². The first-order valence-electron chi connectivity index (χ1n) is 6.10. The van der Waals surface area contributed by atoms with Crippen LogP contribution in [0.4, 0.5) is 4.39 Å². The molecule has 0 saturated heterocycles. The lowest BCUT2D eigenvalue weighted by molar-refractivity contribution is 0.505. The molecule has 0 saturated carbocycles. The second-order valence-electron chi connectivity index (χ2n) is 4.25. The van der Waals surface area contributed by atoms with Gasteiger partial charge < -0.3 is 9.73 Å². The summed E-state index contributed by atoms with van der Waals surface area (Å²) in [4.78, 5) is 4.39. The Balaban J connectivity index is 1.94. The molecule has 2 aromatic rings. The molecule has 0 bridgehead atoms. The van der Waals surface area contributed by atoms with Crippen molar-refractivity contribution < 1.29 is 8.81 Å². The molecule has 96 valence electrons. The molecule has 1 N–H and O–H groups in total. The molecule has 4 heteroatoms. The molecule has 0 aliphatic heterocycles. The molecule has 0 amide bonds. The van der Waals surface area contributed by atoms with Crippen molar-refractivity contribution in [1.82, 2.24) is 10.3 Å². The third kappa shape index (κ3) is 3.67. The zero-order valence-electron chi connectivity index (χ0n) is 10.4. The van der Waals surface area contributed by atoms with E-state index in [0.29, 0.717) is 12.3 Å². The highest BCUT2D eigenvalue weighted by atomic mass is 19.1.